The molecule has 0 radical (unpaired) electrons. The average Bonchev–Trinajstić information content (AvgIpc) is 3.26. The first-order valence-electron chi connectivity index (χ1n) is 8.23. The van der Waals surface area contributed by atoms with Crippen molar-refractivity contribution in [3.63, 3.8) is 0 Å². The summed E-state index contributed by atoms with van der Waals surface area (Å²) in [6.07, 6.45) is 8.22. The van der Waals surface area contributed by atoms with E-state index in [1.165, 1.54) is 44.1 Å². The van der Waals surface area contributed by atoms with E-state index in [9.17, 15) is 0 Å². The second kappa shape index (κ2) is 5.77. The second-order valence-electron chi connectivity index (χ2n) is 6.65. The normalized spacial score (nSPS) is 27.4. The molecular formula is C18H27NO. The first kappa shape index (κ1) is 13.9. The van der Waals surface area contributed by atoms with Gasteiger partial charge < -0.3 is 10.1 Å². The third-order valence-corrected chi connectivity index (χ3v) is 4.69. The van der Waals surface area contributed by atoms with Crippen LogP contribution in [-0.4, -0.2) is 12.6 Å². The van der Waals surface area contributed by atoms with E-state index in [0.717, 1.165) is 18.2 Å². The van der Waals surface area contributed by atoms with Gasteiger partial charge in [-0.15, -0.1) is 0 Å². The van der Waals surface area contributed by atoms with Crippen molar-refractivity contribution in [2.24, 2.45) is 5.92 Å². The fraction of sp³-hybridized carbons (Fsp3) is 0.667. The highest BCUT2D eigenvalue weighted by atomic mass is 16.5. The Kier molecular flexibility index (Phi) is 4.02. The van der Waals surface area contributed by atoms with Crippen LogP contribution in [0.2, 0.25) is 0 Å². The smallest absolute Gasteiger partial charge is 0.124 e. The highest BCUT2D eigenvalue weighted by Gasteiger charge is 2.47. The summed E-state index contributed by atoms with van der Waals surface area (Å²) < 4.78 is 6.10. The molecule has 20 heavy (non-hydrogen) atoms. The van der Waals surface area contributed by atoms with Gasteiger partial charge in [0.05, 0.1) is 6.10 Å². The SMILES string of the molecule is CC(C)Oc1ccccc1C1(C2CC2)CCCCCN1. The van der Waals surface area contributed by atoms with E-state index in [2.05, 4.69) is 43.4 Å². The summed E-state index contributed by atoms with van der Waals surface area (Å²) in [4.78, 5) is 0. The molecule has 2 aliphatic rings. The van der Waals surface area contributed by atoms with Crippen LogP contribution in [0, 0.1) is 5.92 Å². The number of rotatable bonds is 4. The Morgan fingerprint density at radius 1 is 1.15 bits per heavy atom. The summed E-state index contributed by atoms with van der Waals surface area (Å²) in [7, 11) is 0. The fourth-order valence-corrected chi connectivity index (χ4v) is 3.67. The van der Waals surface area contributed by atoms with E-state index < -0.39 is 0 Å². The van der Waals surface area contributed by atoms with Crippen molar-refractivity contribution < 1.29 is 4.74 Å². The van der Waals surface area contributed by atoms with Crippen LogP contribution in [0.15, 0.2) is 24.3 Å². The third-order valence-electron chi connectivity index (χ3n) is 4.69. The zero-order valence-corrected chi connectivity index (χ0v) is 12.8. The van der Waals surface area contributed by atoms with Crippen LogP contribution in [0.4, 0.5) is 0 Å². The molecule has 1 atom stereocenters. The molecule has 0 aromatic heterocycles. The molecule has 2 fully saturated rings. The zero-order chi connectivity index (χ0) is 14.0. The van der Waals surface area contributed by atoms with Crippen molar-refractivity contribution in [3.8, 4) is 5.75 Å². The number of para-hydroxylation sites is 1. The standard InChI is InChI=1S/C18H27NO/c1-14(2)20-17-9-5-4-8-16(17)18(15-10-11-15)12-6-3-7-13-19-18/h4-5,8-9,14-15,19H,3,6-7,10-13H2,1-2H3. The number of nitrogens with one attached hydrogen (secondary N) is 1. The van der Waals surface area contributed by atoms with Crippen molar-refractivity contribution in [1.82, 2.24) is 5.32 Å². The van der Waals surface area contributed by atoms with Gasteiger partial charge in [0.2, 0.25) is 0 Å². The summed E-state index contributed by atoms with van der Waals surface area (Å²) in [5, 5.41) is 3.91. The summed E-state index contributed by atoms with van der Waals surface area (Å²) in [6, 6.07) is 8.69. The van der Waals surface area contributed by atoms with Crippen molar-refractivity contribution in [2.45, 2.75) is 64.0 Å². The van der Waals surface area contributed by atoms with Crippen LogP contribution in [-0.2, 0) is 5.54 Å². The Bertz CT molecular complexity index is 442. The Labute approximate surface area is 122 Å². The first-order valence-corrected chi connectivity index (χ1v) is 8.23. The number of benzene rings is 1. The van der Waals surface area contributed by atoms with Gasteiger partial charge in [-0.1, -0.05) is 31.0 Å². The molecule has 1 unspecified atom stereocenters. The Balaban J connectivity index is 1.98. The summed E-state index contributed by atoms with van der Waals surface area (Å²) in [5.74, 6) is 1.89. The Hall–Kier alpha value is -1.02. The predicted molar refractivity (Wildman–Crippen MR) is 83.1 cm³/mol. The maximum Gasteiger partial charge on any atom is 0.124 e. The third kappa shape index (κ3) is 2.71. The van der Waals surface area contributed by atoms with Gasteiger partial charge in [-0.25, -0.2) is 0 Å². The van der Waals surface area contributed by atoms with Gasteiger partial charge in [-0.05, 0) is 58.1 Å². The molecule has 2 nitrogen and oxygen atoms in total. The van der Waals surface area contributed by atoms with Gasteiger partial charge in [0.25, 0.3) is 0 Å². The van der Waals surface area contributed by atoms with Crippen LogP contribution in [0.5, 0.6) is 5.75 Å². The van der Waals surface area contributed by atoms with Crippen molar-refractivity contribution in [2.75, 3.05) is 6.54 Å². The maximum absolute atomic E-state index is 6.10. The van der Waals surface area contributed by atoms with Crippen molar-refractivity contribution in [1.29, 1.82) is 0 Å². The largest absolute Gasteiger partial charge is 0.491 e. The molecule has 2 heteroatoms. The number of hydrogen-bond acceptors (Lipinski definition) is 2. The van der Waals surface area contributed by atoms with E-state index in [-0.39, 0.29) is 11.6 Å². The molecule has 110 valence electrons. The van der Waals surface area contributed by atoms with Gasteiger partial charge >= 0.3 is 0 Å². The highest BCUT2D eigenvalue weighted by molar-refractivity contribution is 5.41. The van der Waals surface area contributed by atoms with Crippen LogP contribution in [0.25, 0.3) is 0 Å². The lowest BCUT2D eigenvalue weighted by atomic mass is 9.80. The maximum atomic E-state index is 6.10. The molecule has 1 saturated heterocycles. The molecule has 1 aliphatic heterocycles. The topological polar surface area (TPSA) is 21.3 Å². The van der Waals surface area contributed by atoms with Gasteiger partial charge in [0.15, 0.2) is 0 Å². The highest BCUT2D eigenvalue weighted by Crippen LogP contribution is 2.51. The van der Waals surface area contributed by atoms with Gasteiger partial charge in [0, 0.05) is 11.1 Å². The lowest BCUT2D eigenvalue weighted by Crippen LogP contribution is -2.44. The van der Waals surface area contributed by atoms with Crippen molar-refractivity contribution in [3.05, 3.63) is 29.8 Å². The molecule has 1 heterocycles. The van der Waals surface area contributed by atoms with Crippen LogP contribution in [0.1, 0.15) is 57.9 Å². The number of hydrogen-bond donors (Lipinski definition) is 1. The minimum Gasteiger partial charge on any atom is -0.491 e. The van der Waals surface area contributed by atoms with Gasteiger partial charge in [-0.2, -0.15) is 0 Å². The second-order valence-corrected chi connectivity index (χ2v) is 6.65. The number of ether oxygens (including phenoxy) is 1. The van der Waals surface area contributed by atoms with E-state index >= 15 is 0 Å². The zero-order valence-electron chi connectivity index (χ0n) is 12.8. The molecule has 3 rings (SSSR count). The molecule has 0 bridgehead atoms. The van der Waals surface area contributed by atoms with E-state index in [0.29, 0.717) is 0 Å². The molecular weight excluding hydrogens is 246 g/mol. The summed E-state index contributed by atoms with van der Waals surface area (Å²) >= 11 is 0. The van der Waals surface area contributed by atoms with E-state index in [4.69, 9.17) is 4.74 Å². The van der Waals surface area contributed by atoms with E-state index in [1.807, 2.05) is 0 Å². The summed E-state index contributed by atoms with van der Waals surface area (Å²) in [5.41, 5.74) is 1.57. The predicted octanol–water partition coefficient (Wildman–Crippen LogP) is 4.24. The monoisotopic (exact) mass is 273 g/mol. The lowest BCUT2D eigenvalue weighted by molar-refractivity contribution is 0.217. The van der Waals surface area contributed by atoms with E-state index in [1.54, 1.807) is 0 Å². The minimum absolute atomic E-state index is 0.169. The molecule has 0 amide bonds. The molecule has 1 aromatic carbocycles. The van der Waals surface area contributed by atoms with Crippen LogP contribution >= 0.6 is 0 Å². The average molecular weight is 273 g/mol. The molecule has 1 aliphatic carbocycles. The molecule has 1 aromatic rings. The molecule has 0 spiro atoms. The first-order chi connectivity index (χ1) is 9.72. The van der Waals surface area contributed by atoms with Crippen LogP contribution in [0.3, 0.4) is 0 Å². The minimum atomic E-state index is 0.169. The quantitative estimate of drug-likeness (QED) is 0.886. The fourth-order valence-electron chi connectivity index (χ4n) is 3.67. The van der Waals surface area contributed by atoms with Crippen LogP contribution < -0.4 is 10.1 Å². The summed E-state index contributed by atoms with van der Waals surface area (Å²) in [6.45, 7) is 5.37. The molecule has 1 N–H and O–H groups in total. The Morgan fingerprint density at radius 3 is 2.70 bits per heavy atom. The van der Waals surface area contributed by atoms with Crippen molar-refractivity contribution >= 4 is 0 Å². The van der Waals surface area contributed by atoms with Gasteiger partial charge in [-0.3, -0.25) is 0 Å². The molecule has 1 saturated carbocycles. The Morgan fingerprint density at radius 2 is 1.95 bits per heavy atom. The lowest BCUT2D eigenvalue weighted by Gasteiger charge is -2.36. The van der Waals surface area contributed by atoms with Gasteiger partial charge in [0.1, 0.15) is 5.75 Å².